The van der Waals surface area contributed by atoms with Gasteiger partial charge in [-0.3, -0.25) is 9.48 Å². The first-order chi connectivity index (χ1) is 12.9. The van der Waals surface area contributed by atoms with E-state index < -0.39 is 0 Å². The largest absolute Gasteiger partial charge is 0.334 e. The molecule has 0 aliphatic rings. The molecule has 0 saturated heterocycles. The van der Waals surface area contributed by atoms with E-state index in [9.17, 15) is 4.79 Å². The third kappa shape index (κ3) is 4.10. The SMILES string of the molecule is Cc1nn(C)c(C)c1CN(CC(C)C)C(=O)c1ccc(-n2ccnc2)cc1. The van der Waals surface area contributed by atoms with Gasteiger partial charge in [-0.15, -0.1) is 0 Å². The van der Waals surface area contributed by atoms with Crippen molar-refractivity contribution in [3.63, 3.8) is 0 Å². The average molecular weight is 365 g/mol. The Morgan fingerprint density at radius 2 is 1.89 bits per heavy atom. The van der Waals surface area contributed by atoms with Gasteiger partial charge in [-0.1, -0.05) is 13.8 Å². The van der Waals surface area contributed by atoms with E-state index in [2.05, 4.69) is 23.9 Å². The van der Waals surface area contributed by atoms with E-state index in [1.54, 1.807) is 12.5 Å². The van der Waals surface area contributed by atoms with Gasteiger partial charge >= 0.3 is 0 Å². The summed E-state index contributed by atoms with van der Waals surface area (Å²) in [5.41, 5.74) is 4.88. The molecule has 0 unspecified atom stereocenters. The fourth-order valence-electron chi connectivity index (χ4n) is 3.27. The number of hydrogen-bond acceptors (Lipinski definition) is 3. The quantitative estimate of drug-likeness (QED) is 0.671. The van der Waals surface area contributed by atoms with Crippen LogP contribution in [0.15, 0.2) is 43.0 Å². The Balaban J connectivity index is 1.85. The second kappa shape index (κ2) is 7.78. The van der Waals surface area contributed by atoms with Crippen LogP contribution in [0.3, 0.4) is 0 Å². The highest BCUT2D eigenvalue weighted by Gasteiger charge is 2.21. The summed E-state index contributed by atoms with van der Waals surface area (Å²) < 4.78 is 3.80. The van der Waals surface area contributed by atoms with Gasteiger partial charge < -0.3 is 9.47 Å². The highest BCUT2D eigenvalue weighted by Crippen LogP contribution is 2.19. The summed E-state index contributed by atoms with van der Waals surface area (Å²) in [6.45, 7) is 9.59. The topological polar surface area (TPSA) is 56.0 Å². The van der Waals surface area contributed by atoms with E-state index in [0.29, 0.717) is 24.6 Å². The van der Waals surface area contributed by atoms with Crippen LogP contribution in [0.4, 0.5) is 0 Å². The smallest absolute Gasteiger partial charge is 0.254 e. The maximum Gasteiger partial charge on any atom is 0.254 e. The van der Waals surface area contributed by atoms with E-state index in [1.165, 1.54) is 0 Å². The zero-order valence-electron chi connectivity index (χ0n) is 16.7. The fraction of sp³-hybridized carbons (Fsp3) is 0.381. The molecule has 0 fully saturated rings. The van der Waals surface area contributed by atoms with E-state index in [1.807, 2.05) is 65.5 Å². The molecular formula is C21H27N5O. The molecule has 3 rings (SSSR count). The molecular weight excluding hydrogens is 338 g/mol. The molecule has 0 aliphatic heterocycles. The first-order valence-electron chi connectivity index (χ1n) is 9.23. The van der Waals surface area contributed by atoms with E-state index >= 15 is 0 Å². The lowest BCUT2D eigenvalue weighted by atomic mass is 10.1. The minimum Gasteiger partial charge on any atom is -0.334 e. The summed E-state index contributed by atoms with van der Waals surface area (Å²) in [6, 6.07) is 7.66. The number of aromatic nitrogens is 4. The summed E-state index contributed by atoms with van der Waals surface area (Å²) in [7, 11) is 1.94. The van der Waals surface area contributed by atoms with E-state index in [-0.39, 0.29) is 5.91 Å². The number of aryl methyl sites for hydroxylation is 2. The monoisotopic (exact) mass is 365 g/mol. The van der Waals surface area contributed by atoms with Crippen molar-refractivity contribution in [1.29, 1.82) is 0 Å². The van der Waals surface area contributed by atoms with Gasteiger partial charge in [-0.25, -0.2) is 4.98 Å². The molecule has 1 amide bonds. The lowest BCUT2D eigenvalue weighted by Gasteiger charge is -2.25. The Labute approximate surface area is 160 Å². The molecule has 2 heterocycles. The van der Waals surface area contributed by atoms with Crippen LogP contribution in [0.2, 0.25) is 0 Å². The summed E-state index contributed by atoms with van der Waals surface area (Å²) in [5, 5.41) is 4.48. The molecule has 1 aromatic carbocycles. The van der Waals surface area contributed by atoms with E-state index in [4.69, 9.17) is 0 Å². The number of benzene rings is 1. The molecule has 0 saturated carbocycles. The Hall–Kier alpha value is -2.89. The molecule has 0 atom stereocenters. The van der Waals surface area contributed by atoms with Crippen molar-refractivity contribution in [2.45, 2.75) is 34.2 Å². The van der Waals surface area contributed by atoms with Gasteiger partial charge in [0.1, 0.15) is 0 Å². The number of nitrogens with zero attached hydrogens (tertiary/aromatic N) is 5. The number of carbonyl (C=O) groups excluding carboxylic acids is 1. The molecule has 0 aliphatic carbocycles. The maximum absolute atomic E-state index is 13.2. The number of imidazole rings is 1. The highest BCUT2D eigenvalue weighted by molar-refractivity contribution is 5.94. The molecule has 6 nitrogen and oxygen atoms in total. The molecule has 142 valence electrons. The third-order valence-electron chi connectivity index (χ3n) is 4.80. The average Bonchev–Trinajstić information content (AvgIpc) is 3.25. The maximum atomic E-state index is 13.2. The van der Waals surface area contributed by atoms with Gasteiger partial charge in [0.25, 0.3) is 5.91 Å². The number of carbonyl (C=O) groups is 1. The van der Waals surface area contributed by atoms with Crippen molar-refractivity contribution in [2.24, 2.45) is 13.0 Å². The van der Waals surface area contributed by atoms with Gasteiger partial charge in [0, 0.05) is 55.0 Å². The van der Waals surface area contributed by atoms with Crippen molar-refractivity contribution >= 4 is 5.91 Å². The minimum absolute atomic E-state index is 0.0449. The molecule has 0 radical (unpaired) electrons. The second-order valence-electron chi connectivity index (χ2n) is 7.37. The van der Waals surface area contributed by atoms with Gasteiger partial charge in [0.05, 0.1) is 12.0 Å². The molecule has 2 aromatic heterocycles. The molecule has 6 heteroatoms. The van der Waals surface area contributed by atoms with Crippen molar-refractivity contribution in [1.82, 2.24) is 24.2 Å². The summed E-state index contributed by atoms with van der Waals surface area (Å²) >= 11 is 0. The van der Waals surface area contributed by atoms with Crippen LogP contribution in [0.5, 0.6) is 0 Å². The predicted octanol–water partition coefficient (Wildman–Crippen LogP) is 3.52. The lowest BCUT2D eigenvalue weighted by molar-refractivity contribution is 0.0722. The van der Waals surface area contributed by atoms with Crippen LogP contribution in [-0.2, 0) is 13.6 Å². The van der Waals surface area contributed by atoms with Crippen molar-refractivity contribution in [3.05, 3.63) is 65.5 Å². The first-order valence-corrected chi connectivity index (χ1v) is 9.23. The van der Waals surface area contributed by atoms with Crippen LogP contribution < -0.4 is 0 Å². The second-order valence-corrected chi connectivity index (χ2v) is 7.37. The minimum atomic E-state index is 0.0449. The lowest BCUT2D eigenvalue weighted by Crippen LogP contribution is -2.34. The molecule has 3 aromatic rings. The van der Waals surface area contributed by atoms with Crippen molar-refractivity contribution < 1.29 is 4.79 Å². The van der Waals surface area contributed by atoms with E-state index in [0.717, 1.165) is 22.6 Å². The van der Waals surface area contributed by atoms with Gasteiger partial charge in [-0.05, 0) is 44.0 Å². The Kier molecular flexibility index (Phi) is 5.44. The molecule has 27 heavy (non-hydrogen) atoms. The Morgan fingerprint density at radius 1 is 1.19 bits per heavy atom. The van der Waals surface area contributed by atoms with Crippen molar-refractivity contribution in [3.8, 4) is 5.69 Å². The van der Waals surface area contributed by atoms with Gasteiger partial charge in [-0.2, -0.15) is 5.10 Å². The normalized spacial score (nSPS) is 11.2. The number of hydrogen-bond donors (Lipinski definition) is 0. The Morgan fingerprint density at radius 3 is 2.41 bits per heavy atom. The predicted molar refractivity (Wildman–Crippen MR) is 106 cm³/mol. The van der Waals surface area contributed by atoms with Crippen molar-refractivity contribution in [2.75, 3.05) is 6.54 Å². The van der Waals surface area contributed by atoms with Gasteiger partial charge in [0.2, 0.25) is 0 Å². The zero-order chi connectivity index (χ0) is 19.6. The molecule has 0 bridgehead atoms. The van der Waals surface area contributed by atoms with Crippen LogP contribution in [0.25, 0.3) is 5.69 Å². The number of rotatable bonds is 6. The Bertz CT molecular complexity index is 907. The summed E-state index contributed by atoms with van der Waals surface area (Å²) in [5.74, 6) is 0.431. The molecule has 0 spiro atoms. The standard InChI is InChI=1S/C21H27N5O/c1-15(2)12-26(13-20-16(3)23-24(5)17(20)4)21(27)18-6-8-19(9-7-18)25-11-10-22-14-25/h6-11,14-15H,12-13H2,1-5H3. The summed E-state index contributed by atoms with van der Waals surface area (Å²) in [4.78, 5) is 19.2. The third-order valence-corrected chi connectivity index (χ3v) is 4.80. The zero-order valence-corrected chi connectivity index (χ0v) is 16.7. The molecule has 0 N–H and O–H groups in total. The highest BCUT2D eigenvalue weighted by atomic mass is 16.2. The van der Waals surface area contributed by atoms with Crippen LogP contribution in [-0.4, -0.2) is 36.7 Å². The van der Waals surface area contributed by atoms with Crippen LogP contribution in [0, 0.1) is 19.8 Å². The van der Waals surface area contributed by atoms with Crippen LogP contribution in [0.1, 0.15) is 41.2 Å². The fourth-order valence-corrected chi connectivity index (χ4v) is 3.27. The summed E-state index contributed by atoms with van der Waals surface area (Å²) in [6.07, 6.45) is 5.37. The number of amides is 1. The first kappa shape index (κ1) is 18.9. The van der Waals surface area contributed by atoms with Gasteiger partial charge in [0.15, 0.2) is 0 Å². The van der Waals surface area contributed by atoms with Crippen LogP contribution >= 0.6 is 0 Å².